The highest BCUT2D eigenvalue weighted by molar-refractivity contribution is 9.10. The normalized spacial score (nSPS) is 12.3. The fourth-order valence-corrected chi connectivity index (χ4v) is 1.86. The Balaban J connectivity index is 3.32. The summed E-state index contributed by atoms with van der Waals surface area (Å²) in [5, 5.41) is 8.84. The van der Waals surface area contributed by atoms with Crippen LogP contribution < -0.4 is 4.74 Å². The summed E-state index contributed by atoms with van der Waals surface area (Å²) >= 11 is 3.12. The molecule has 3 nitrogen and oxygen atoms in total. The number of carboxylic acids is 1. The van der Waals surface area contributed by atoms with Crippen molar-refractivity contribution in [3.8, 4) is 5.75 Å². The molecule has 0 saturated heterocycles. The minimum Gasteiger partial charge on any atom is -0.495 e. The largest absolute Gasteiger partial charge is 0.495 e. The molecule has 0 saturated carbocycles. The van der Waals surface area contributed by atoms with Crippen LogP contribution in [0.15, 0.2) is 16.6 Å². The first-order chi connectivity index (χ1) is 6.97. The summed E-state index contributed by atoms with van der Waals surface area (Å²) in [5.41, 5.74) is 0.317. The Morgan fingerprint density at radius 2 is 2.20 bits per heavy atom. The van der Waals surface area contributed by atoms with E-state index in [-0.39, 0.29) is 0 Å². The van der Waals surface area contributed by atoms with Gasteiger partial charge in [-0.25, -0.2) is 4.39 Å². The topological polar surface area (TPSA) is 46.5 Å². The number of halogens is 2. The standard InChI is InChI=1S/C10H10BrFO3/c1-5(10(13)14)7-3-6(12)4-8(11)9(7)15-2/h3-5H,1-2H3,(H,13,14). The van der Waals surface area contributed by atoms with Crippen molar-refractivity contribution < 1.29 is 19.0 Å². The van der Waals surface area contributed by atoms with Crippen LogP contribution in [0.1, 0.15) is 18.4 Å². The highest BCUT2D eigenvalue weighted by Gasteiger charge is 2.21. The maximum absolute atomic E-state index is 13.1. The van der Waals surface area contributed by atoms with Gasteiger partial charge in [-0.15, -0.1) is 0 Å². The van der Waals surface area contributed by atoms with Crippen molar-refractivity contribution in [1.82, 2.24) is 0 Å². The van der Waals surface area contributed by atoms with E-state index in [1.807, 2.05) is 0 Å². The van der Waals surface area contributed by atoms with Gasteiger partial charge in [0, 0.05) is 5.56 Å². The molecular formula is C10H10BrFO3. The van der Waals surface area contributed by atoms with Crippen molar-refractivity contribution in [2.24, 2.45) is 0 Å². The Bertz CT molecular complexity index is 392. The Hall–Kier alpha value is -1.10. The second kappa shape index (κ2) is 4.61. The van der Waals surface area contributed by atoms with Crippen LogP contribution in [0.4, 0.5) is 4.39 Å². The zero-order valence-electron chi connectivity index (χ0n) is 8.25. The van der Waals surface area contributed by atoms with E-state index in [9.17, 15) is 9.18 Å². The van der Waals surface area contributed by atoms with E-state index in [0.29, 0.717) is 15.8 Å². The van der Waals surface area contributed by atoms with Crippen molar-refractivity contribution in [2.45, 2.75) is 12.8 Å². The van der Waals surface area contributed by atoms with Gasteiger partial charge < -0.3 is 9.84 Å². The van der Waals surface area contributed by atoms with E-state index in [1.165, 1.54) is 26.2 Å². The summed E-state index contributed by atoms with van der Waals surface area (Å²) in [4.78, 5) is 10.8. The van der Waals surface area contributed by atoms with Gasteiger partial charge in [-0.3, -0.25) is 4.79 Å². The molecule has 1 atom stereocenters. The summed E-state index contributed by atoms with van der Waals surface area (Å²) in [7, 11) is 1.41. The number of aliphatic carboxylic acids is 1. The lowest BCUT2D eigenvalue weighted by atomic mass is 10.0. The second-order valence-electron chi connectivity index (χ2n) is 3.07. The summed E-state index contributed by atoms with van der Waals surface area (Å²) < 4.78 is 18.5. The third-order valence-electron chi connectivity index (χ3n) is 2.08. The number of hydrogen-bond acceptors (Lipinski definition) is 2. The van der Waals surface area contributed by atoms with Gasteiger partial charge >= 0.3 is 5.97 Å². The fourth-order valence-electron chi connectivity index (χ4n) is 1.25. The number of benzene rings is 1. The minimum absolute atomic E-state index is 0.317. The molecule has 82 valence electrons. The van der Waals surface area contributed by atoms with Crippen LogP contribution in [0.3, 0.4) is 0 Å². The first-order valence-electron chi connectivity index (χ1n) is 4.23. The first-order valence-corrected chi connectivity index (χ1v) is 5.02. The summed E-state index contributed by atoms with van der Waals surface area (Å²) in [6.07, 6.45) is 0. The molecule has 1 N–H and O–H groups in total. The Morgan fingerprint density at radius 1 is 1.60 bits per heavy atom. The molecule has 0 aromatic heterocycles. The Kier molecular flexibility index (Phi) is 3.68. The highest BCUT2D eigenvalue weighted by Crippen LogP contribution is 2.34. The molecule has 15 heavy (non-hydrogen) atoms. The van der Waals surface area contributed by atoms with Crippen molar-refractivity contribution in [2.75, 3.05) is 7.11 Å². The zero-order chi connectivity index (χ0) is 11.6. The lowest BCUT2D eigenvalue weighted by molar-refractivity contribution is -0.138. The molecule has 1 unspecified atom stereocenters. The molecule has 5 heteroatoms. The van der Waals surface area contributed by atoms with Gasteiger partial charge in [-0.1, -0.05) is 0 Å². The average Bonchev–Trinajstić information content (AvgIpc) is 2.15. The molecule has 1 rings (SSSR count). The first kappa shape index (κ1) is 12.0. The summed E-state index contributed by atoms with van der Waals surface area (Å²) in [6.45, 7) is 1.48. The van der Waals surface area contributed by atoms with Gasteiger partial charge in [0.2, 0.25) is 0 Å². The predicted molar refractivity (Wildman–Crippen MR) is 56.7 cm³/mol. The van der Waals surface area contributed by atoms with Crippen LogP contribution in [-0.2, 0) is 4.79 Å². The molecule has 0 heterocycles. The molecule has 0 radical (unpaired) electrons. The number of rotatable bonds is 3. The van der Waals surface area contributed by atoms with E-state index < -0.39 is 17.7 Å². The second-order valence-corrected chi connectivity index (χ2v) is 3.92. The Morgan fingerprint density at radius 3 is 2.67 bits per heavy atom. The molecule has 1 aromatic carbocycles. The van der Waals surface area contributed by atoms with E-state index in [4.69, 9.17) is 9.84 Å². The Labute approximate surface area is 95.0 Å². The average molecular weight is 277 g/mol. The van der Waals surface area contributed by atoms with Gasteiger partial charge in [-0.2, -0.15) is 0 Å². The van der Waals surface area contributed by atoms with Crippen molar-refractivity contribution in [3.05, 3.63) is 28.0 Å². The van der Waals surface area contributed by atoms with E-state index in [0.717, 1.165) is 0 Å². The van der Waals surface area contributed by atoms with Gasteiger partial charge in [-0.05, 0) is 35.0 Å². The van der Waals surface area contributed by atoms with Crippen molar-refractivity contribution in [3.63, 3.8) is 0 Å². The number of ether oxygens (including phenoxy) is 1. The van der Waals surface area contributed by atoms with Crippen molar-refractivity contribution in [1.29, 1.82) is 0 Å². The maximum Gasteiger partial charge on any atom is 0.310 e. The lowest BCUT2D eigenvalue weighted by Crippen LogP contribution is -2.09. The number of carboxylic acid groups (broad SMARTS) is 1. The SMILES string of the molecule is COc1c(Br)cc(F)cc1C(C)C(=O)O. The number of carbonyl (C=O) groups is 1. The molecule has 0 aliphatic carbocycles. The predicted octanol–water partition coefficient (Wildman–Crippen LogP) is 2.78. The molecule has 1 aromatic rings. The quantitative estimate of drug-likeness (QED) is 0.924. The van der Waals surface area contributed by atoms with Gasteiger partial charge in [0.1, 0.15) is 11.6 Å². The monoisotopic (exact) mass is 276 g/mol. The van der Waals surface area contributed by atoms with Gasteiger partial charge in [0.05, 0.1) is 17.5 Å². The smallest absolute Gasteiger partial charge is 0.310 e. The van der Waals surface area contributed by atoms with Crippen LogP contribution in [0, 0.1) is 5.82 Å². The molecule has 0 aliphatic rings. The van der Waals surface area contributed by atoms with E-state index >= 15 is 0 Å². The zero-order valence-corrected chi connectivity index (χ0v) is 9.84. The van der Waals surface area contributed by atoms with Crippen molar-refractivity contribution >= 4 is 21.9 Å². The third-order valence-corrected chi connectivity index (χ3v) is 2.67. The number of methoxy groups -OCH3 is 1. The summed E-state index contributed by atoms with van der Waals surface area (Å²) in [6, 6.07) is 2.40. The van der Waals surface area contributed by atoms with E-state index in [1.54, 1.807) is 0 Å². The maximum atomic E-state index is 13.1. The molecule has 0 spiro atoms. The highest BCUT2D eigenvalue weighted by atomic mass is 79.9. The molecular weight excluding hydrogens is 267 g/mol. The summed E-state index contributed by atoms with van der Waals surface area (Å²) in [5.74, 6) is -1.98. The number of hydrogen-bond donors (Lipinski definition) is 1. The van der Waals surface area contributed by atoms with Crippen LogP contribution in [-0.4, -0.2) is 18.2 Å². The van der Waals surface area contributed by atoms with Gasteiger partial charge in [0.15, 0.2) is 0 Å². The molecule has 0 aliphatic heterocycles. The fraction of sp³-hybridized carbons (Fsp3) is 0.300. The third kappa shape index (κ3) is 2.47. The minimum atomic E-state index is -1.02. The van der Waals surface area contributed by atoms with Crippen LogP contribution in [0.25, 0.3) is 0 Å². The van der Waals surface area contributed by atoms with E-state index in [2.05, 4.69) is 15.9 Å². The molecule has 0 bridgehead atoms. The molecule has 0 fully saturated rings. The lowest BCUT2D eigenvalue weighted by Gasteiger charge is -2.13. The van der Waals surface area contributed by atoms with Crippen LogP contribution in [0.2, 0.25) is 0 Å². The van der Waals surface area contributed by atoms with Crippen LogP contribution >= 0.6 is 15.9 Å². The van der Waals surface area contributed by atoms with Crippen LogP contribution in [0.5, 0.6) is 5.75 Å². The van der Waals surface area contributed by atoms with Gasteiger partial charge in [0.25, 0.3) is 0 Å². The molecule has 0 amide bonds.